The largest absolute Gasteiger partial charge is 0.495 e. The summed E-state index contributed by atoms with van der Waals surface area (Å²) < 4.78 is 17.6. The van der Waals surface area contributed by atoms with Gasteiger partial charge in [-0.3, -0.25) is 9.36 Å². The van der Waals surface area contributed by atoms with Crippen LogP contribution in [0.15, 0.2) is 35.3 Å². The molecule has 0 saturated heterocycles. The molecule has 2 aromatic rings. The van der Waals surface area contributed by atoms with Crippen LogP contribution in [0, 0.1) is 11.3 Å². The zero-order valence-corrected chi connectivity index (χ0v) is 19.3. The van der Waals surface area contributed by atoms with Crippen LogP contribution in [0.25, 0.3) is 11.1 Å². The summed E-state index contributed by atoms with van der Waals surface area (Å²) in [5.41, 5.74) is 0.0537. The number of hydrogen-bond donors (Lipinski definition) is 0. The Hall–Kier alpha value is -2.82. The number of aromatic nitrogens is 1. The van der Waals surface area contributed by atoms with Crippen LogP contribution in [0.1, 0.15) is 45.7 Å². The van der Waals surface area contributed by atoms with Crippen molar-refractivity contribution in [1.29, 1.82) is 5.26 Å². The van der Waals surface area contributed by atoms with Crippen LogP contribution >= 0.6 is 11.6 Å². The Morgan fingerprint density at radius 2 is 1.90 bits per heavy atom. The molecule has 7 nitrogen and oxygen atoms in total. The summed E-state index contributed by atoms with van der Waals surface area (Å²) in [6.45, 7) is 7.09. The van der Waals surface area contributed by atoms with Gasteiger partial charge in [-0.1, -0.05) is 11.6 Å². The van der Waals surface area contributed by atoms with Crippen molar-refractivity contribution in [3.63, 3.8) is 0 Å². The molecule has 1 unspecified atom stereocenters. The molecule has 166 valence electrons. The fraction of sp³-hybridized carbons (Fsp3) is 0.435. The van der Waals surface area contributed by atoms with Crippen molar-refractivity contribution < 1.29 is 19.0 Å². The van der Waals surface area contributed by atoms with E-state index in [1.165, 1.54) is 31.0 Å². The smallest absolute Gasteiger partial charge is 0.329 e. The van der Waals surface area contributed by atoms with Crippen molar-refractivity contribution in [3.8, 4) is 22.9 Å². The van der Waals surface area contributed by atoms with Gasteiger partial charge in [0.15, 0.2) is 0 Å². The van der Waals surface area contributed by atoms with Gasteiger partial charge in [-0.05, 0) is 45.9 Å². The summed E-state index contributed by atoms with van der Waals surface area (Å²) in [4.78, 5) is 26.0. The van der Waals surface area contributed by atoms with Gasteiger partial charge in [0.1, 0.15) is 17.4 Å². The molecule has 0 bridgehead atoms. The maximum absolute atomic E-state index is 13.1. The van der Waals surface area contributed by atoms with Gasteiger partial charge in [-0.15, -0.1) is 0 Å². The van der Waals surface area contributed by atoms with Gasteiger partial charge in [-0.25, -0.2) is 4.79 Å². The van der Waals surface area contributed by atoms with Gasteiger partial charge in [-0.2, -0.15) is 5.26 Å². The van der Waals surface area contributed by atoms with Crippen molar-refractivity contribution in [2.45, 2.75) is 51.9 Å². The van der Waals surface area contributed by atoms with E-state index in [1.807, 2.05) is 0 Å². The molecule has 0 fully saturated rings. The lowest BCUT2D eigenvalue weighted by Crippen LogP contribution is -2.36. The second kappa shape index (κ2) is 9.99. The number of nitriles is 1. The first-order chi connectivity index (χ1) is 14.5. The van der Waals surface area contributed by atoms with E-state index in [1.54, 1.807) is 45.9 Å². The van der Waals surface area contributed by atoms with Gasteiger partial charge >= 0.3 is 5.97 Å². The van der Waals surface area contributed by atoms with Crippen LogP contribution in [-0.2, 0) is 14.3 Å². The van der Waals surface area contributed by atoms with Crippen LogP contribution in [0.3, 0.4) is 0 Å². The molecule has 1 aromatic heterocycles. The van der Waals surface area contributed by atoms with Gasteiger partial charge in [0.2, 0.25) is 0 Å². The molecule has 1 aromatic carbocycles. The highest BCUT2D eigenvalue weighted by molar-refractivity contribution is 6.31. The number of benzene rings is 1. The number of halogens is 1. The van der Waals surface area contributed by atoms with Crippen molar-refractivity contribution in [2.24, 2.45) is 0 Å². The number of nitrogens with zero attached hydrogens (tertiary/aromatic N) is 2. The number of ether oxygens (including phenoxy) is 3. The number of esters is 1. The molecule has 0 spiro atoms. The molecule has 0 aliphatic rings. The number of rotatable bonds is 7. The molecule has 0 N–H and O–H groups in total. The van der Waals surface area contributed by atoms with E-state index >= 15 is 0 Å². The standard InChI is InChI=1S/C23H27ClN2O5/c1-14(29-5)9-19(22(28)31-23(2,3)4)26-13-20(30-6)18(11-21(26)27)17-10-16(24)8-7-15(17)12-25/h7-8,10-11,13-14,19H,9H2,1-6H3/t14-,19?/m1/s1. The molecule has 2 rings (SSSR count). The van der Waals surface area contributed by atoms with E-state index in [0.717, 1.165) is 0 Å². The molecule has 8 heteroatoms. The maximum atomic E-state index is 13.1. The summed E-state index contributed by atoms with van der Waals surface area (Å²) in [7, 11) is 2.98. The highest BCUT2D eigenvalue weighted by Gasteiger charge is 2.30. The minimum absolute atomic E-state index is 0.231. The highest BCUT2D eigenvalue weighted by atomic mass is 35.5. The minimum atomic E-state index is -0.917. The number of hydrogen-bond acceptors (Lipinski definition) is 6. The van der Waals surface area contributed by atoms with E-state index < -0.39 is 23.2 Å². The Bertz CT molecular complexity index is 1050. The number of carbonyl (C=O) groups excluding carboxylic acids is 1. The molecule has 0 aliphatic heterocycles. The van der Waals surface area contributed by atoms with Crippen LogP contribution in [0.4, 0.5) is 0 Å². The zero-order valence-electron chi connectivity index (χ0n) is 18.6. The monoisotopic (exact) mass is 446 g/mol. The van der Waals surface area contributed by atoms with E-state index in [0.29, 0.717) is 27.5 Å². The molecule has 0 radical (unpaired) electrons. The summed E-state index contributed by atoms with van der Waals surface area (Å²) in [5, 5.41) is 9.88. The Morgan fingerprint density at radius 3 is 2.45 bits per heavy atom. The van der Waals surface area contributed by atoms with Gasteiger partial charge in [0.05, 0.1) is 31.0 Å². The number of pyridine rings is 1. The first-order valence-electron chi connectivity index (χ1n) is 9.76. The van der Waals surface area contributed by atoms with Gasteiger partial charge in [0, 0.05) is 35.7 Å². The summed E-state index contributed by atoms with van der Waals surface area (Å²) in [5.74, 6) is -0.231. The van der Waals surface area contributed by atoms with Crippen molar-refractivity contribution >= 4 is 17.6 Å². The highest BCUT2D eigenvalue weighted by Crippen LogP contribution is 2.34. The van der Waals surface area contributed by atoms with Gasteiger partial charge < -0.3 is 14.2 Å². The van der Waals surface area contributed by atoms with E-state index in [2.05, 4.69) is 6.07 Å². The Morgan fingerprint density at radius 1 is 1.23 bits per heavy atom. The number of carbonyl (C=O) groups is 1. The van der Waals surface area contributed by atoms with Crippen LogP contribution in [0.2, 0.25) is 5.02 Å². The Balaban J connectivity index is 2.65. The SMILES string of the molecule is COc1cn(C(C[C@@H](C)OC)C(=O)OC(C)(C)C)c(=O)cc1-c1cc(Cl)ccc1C#N. The van der Waals surface area contributed by atoms with Crippen molar-refractivity contribution in [3.05, 3.63) is 51.4 Å². The van der Waals surface area contributed by atoms with Crippen LogP contribution in [-0.4, -0.2) is 36.5 Å². The van der Waals surface area contributed by atoms with Gasteiger partial charge in [0.25, 0.3) is 5.56 Å². The third-order valence-electron chi connectivity index (χ3n) is 4.63. The second-order valence-electron chi connectivity index (χ2n) is 8.13. The topological polar surface area (TPSA) is 90.5 Å². The van der Waals surface area contributed by atoms with E-state index in [-0.39, 0.29) is 12.5 Å². The van der Waals surface area contributed by atoms with E-state index in [4.69, 9.17) is 25.8 Å². The fourth-order valence-corrected chi connectivity index (χ4v) is 3.26. The summed E-state index contributed by atoms with van der Waals surface area (Å²) in [6.07, 6.45) is 1.39. The average molecular weight is 447 g/mol. The van der Waals surface area contributed by atoms with Crippen LogP contribution in [0.5, 0.6) is 5.75 Å². The molecular formula is C23H27ClN2O5. The number of methoxy groups -OCH3 is 2. The molecule has 0 aliphatic carbocycles. The first-order valence-corrected chi connectivity index (χ1v) is 10.1. The summed E-state index contributed by atoms with van der Waals surface area (Å²) in [6, 6.07) is 7.28. The predicted molar refractivity (Wildman–Crippen MR) is 118 cm³/mol. The lowest BCUT2D eigenvalue weighted by atomic mass is 10.00. The van der Waals surface area contributed by atoms with Crippen LogP contribution < -0.4 is 10.3 Å². The lowest BCUT2D eigenvalue weighted by Gasteiger charge is -2.27. The molecule has 0 saturated carbocycles. The lowest BCUT2D eigenvalue weighted by molar-refractivity contribution is -0.160. The maximum Gasteiger partial charge on any atom is 0.329 e. The Labute approximate surface area is 187 Å². The minimum Gasteiger partial charge on any atom is -0.495 e. The molecule has 1 heterocycles. The fourth-order valence-electron chi connectivity index (χ4n) is 3.09. The van der Waals surface area contributed by atoms with E-state index in [9.17, 15) is 14.9 Å². The molecule has 2 atom stereocenters. The normalized spacial score (nSPS) is 13.2. The second-order valence-corrected chi connectivity index (χ2v) is 8.57. The summed E-state index contributed by atoms with van der Waals surface area (Å²) >= 11 is 6.11. The third-order valence-corrected chi connectivity index (χ3v) is 4.86. The molecule has 31 heavy (non-hydrogen) atoms. The quantitative estimate of drug-likeness (QED) is 0.587. The third kappa shape index (κ3) is 6.09. The predicted octanol–water partition coefficient (Wildman–Crippen LogP) is 4.36. The zero-order chi connectivity index (χ0) is 23.3. The van der Waals surface area contributed by atoms with Crippen molar-refractivity contribution in [1.82, 2.24) is 4.57 Å². The average Bonchev–Trinajstić information content (AvgIpc) is 2.70. The molecule has 0 amide bonds. The molecular weight excluding hydrogens is 420 g/mol. The first kappa shape index (κ1) is 24.4. The Kier molecular flexibility index (Phi) is 7.88. The van der Waals surface area contributed by atoms with Crippen molar-refractivity contribution in [2.75, 3.05) is 14.2 Å².